The maximum atomic E-state index is 11.8. The van der Waals surface area contributed by atoms with Crippen molar-refractivity contribution in [1.29, 1.82) is 0 Å². The smallest absolute Gasteiger partial charge is 0.255 e. The molecule has 1 aromatic heterocycles. The first kappa shape index (κ1) is 9.92. The molecule has 1 atom stereocenters. The van der Waals surface area contributed by atoms with Gasteiger partial charge in [-0.2, -0.15) is 0 Å². The molecule has 1 amide bonds. The fourth-order valence-electron chi connectivity index (χ4n) is 1.65. The van der Waals surface area contributed by atoms with Crippen LogP contribution < -0.4 is 5.56 Å². The average Bonchev–Trinajstić information content (AvgIpc) is 2.65. The Hall–Kier alpha value is -1.62. The van der Waals surface area contributed by atoms with Gasteiger partial charge in [-0.1, -0.05) is 0 Å². The van der Waals surface area contributed by atoms with Gasteiger partial charge in [0, 0.05) is 25.4 Å². The number of nitrogens with one attached hydrogen (secondary N) is 1. The maximum Gasteiger partial charge on any atom is 0.255 e. The Morgan fingerprint density at radius 1 is 1.53 bits per heavy atom. The third kappa shape index (κ3) is 2.07. The Morgan fingerprint density at radius 2 is 2.33 bits per heavy atom. The van der Waals surface area contributed by atoms with E-state index in [1.165, 1.54) is 18.3 Å². The maximum absolute atomic E-state index is 11.8. The van der Waals surface area contributed by atoms with Crippen molar-refractivity contribution in [3.63, 3.8) is 0 Å². The van der Waals surface area contributed by atoms with Crippen LogP contribution in [-0.2, 0) is 0 Å². The molecule has 0 aromatic carbocycles. The van der Waals surface area contributed by atoms with Crippen LogP contribution in [0.4, 0.5) is 0 Å². The van der Waals surface area contributed by atoms with Gasteiger partial charge in [0.05, 0.1) is 11.7 Å². The Balaban J connectivity index is 2.14. The summed E-state index contributed by atoms with van der Waals surface area (Å²) < 4.78 is 0. The van der Waals surface area contributed by atoms with Gasteiger partial charge in [0.2, 0.25) is 5.56 Å². The van der Waals surface area contributed by atoms with Crippen molar-refractivity contribution in [1.82, 2.24) is 9.88 Å². The number of carbonyl (C=O) groups is 1. The summed E-state index contributed by atoms with van der Waals surface area (Å²) in [5.41, 5.74) is 0.219. The molecule has 1 fully saturated rings. The molecule has 2 N–H and O–H groups in total. The number of amides is 1. The van der Waals surface area contributed by atoms with E-state index in [2.05, 4.69) is 4.98 Å². The number of rotatable bonds is 1. The van der Waals surface area contributed by atoms with Gasteiger partial charge in [-0.25, -0.2) is 0 Å². The van der Waals surface area contributed by atoms with Crippen molar-refractivity contribution in [2.24, 2.45) is 0 Å². The molecule has 2 rings (SSSR count). The van der Waals surface area contributed by atoms with Crippen molar-refractivity contribution >= 4 is 5.91 Å². The van der Waals surface area contributed by atoms with Crippen LogP contribution in [0.2, 0.25) is 0 Å². The Kier molecular flexibility index (Phi) is 2.55. The normalized spacial score (nSPS) is 20.6. The van der Waals surface area contributed by atoms with Crippen LogP contribution >= 0.6 is 0 Å². The SMILES string of the molecule is O=C(c1ccc(=O)[nH]c1)N1CC[C@@H](O)C1. The first-order valence-electron chi connectivity index (χ1n) is 4.83. The fraction of sp³-hybridized carbons (Fsp3) is 0.400. The van der Waals surface area contributed by atoms with E-state index in [0.29, 0.717) is 25.1 Å². The third-order valence-electron chi connectivity index (χ3n) is 2.48. The summed E-state index contributed by atoms with van der Waals surface area (Å²) in [6, 6.07) is 2.81. The summed E-state index contributed by atoms with van der Waals surface area (Å²) in [5, 5.41) is 9.29. The van der Waals surface area contributed by atoms with Crippen LogP contribution in [0.25, 0.3) is 0 Å². The second kappa shape index (κ2) is 3.86. The highest BCUT2D eigenvalue weighted by Crippen LogP contribution is 2.12. The highest BCUT2D eigenvalue weighted by atomic mass is 16.3. The van der Waals surface area contributed by atoms with Gasteiger partial charge in [-0.15, -0.1) is 0 Å². The first-order valence-corrected chi connectivity index (χ1v) is 4.83. The molecule has 1 aliphatic heterocycles. The zero-order valence-corrected chi connectivity index (χ0v) is 8.14. The quantitative estimate of drug-likeness (QED) is 0.658. The molecule has 0 bridgehead atoms. The van der Waals surface area contributed by atoms with Crippen molar-refractivity contribution in [3.05, 3.63) is 34.2 Å². The summed E-state index contributed by atoms with van der Waals surface area (Å²) in [5.74, 6) is -0.150. The molecule has 0 radical (unpaired) electrons. The largest absolute Gasteiger partial charge is 0.391 e. The van der Waals surface area contributed by atoms with Gasteiger partial charge >= 0.3 is 0 Å². The minimum absolute atomic E-state index is 0.150. The van der Waals surface area contributed by atoms with E-state index >= 15 is 0 Å². The fourth-order valence-corrected chi connectivity index (χ4v) is 1.65. The first-order chi connectivity index (χ1) is 7.16. The summed E-state index contributed by atoms with van der Waals surface area (Å²) in [6.07, 6.45) is 1.60. The van der Waals surface area contributed by atoms with Gasteiger partial charge in [0.1, 0.15) is 0 Å². The van der Waals surface area contributed by atoms with Gasteiger partial charge in [0.25, 0.3) is 5.91 Å². The van der Waals surface area contributed by atoms with Crippen molar-refractivity contribution in [2.45, 2.75) is 12.5 Å². The van der Waals surface area contributed by atoms with Crippen LogP contribution in [0.15, 0.2) is 23.1 Å². The zero-order chi connectivity index (χ0) is 10.8. The van der Waals surface area contributed by atoms with Gasteiger partial charge in [-0.3, -0.25) is 9.59 Å². The molecule has 5 heteroatoms. The molecule has 0 saturated carbocycles. The number of hydrogen-bond acceptors (Lipinski definition) is 3. The van der Waals surface area contributed by atoms with Crippen LogP contribution in [0.3, 0.4) is 0 Å². The summed E-state index contributed by atoms with van der Waals surface area (Å²) in [4.78, 5) is 26.6. The number of hydrogen-bond donors (Lipinski definition) is 2. The second-order valence-electron chi connectivity index (χ2n) is 3.64. The topological polar surface area (TPSA) is 73.4 Å². The lowest BCUT2D eigenvalue weighted by atomic mass is 10.2. The number of pyridine rings is 1. The molecule has 0 aliphatic carbocycles. The molecular formula is C10H12N2O3. The van der Waals surface area contributed by atoms with E-state index in [1.54, 1.807) is 4.90 Å². The summed E-state index contributed by atoms with van der Waals surface area (Å²) >= 11 is 0. The van der Waals surface area contributed by atoms with Crippen molar-refractivity contribution in [3.8, 4) is 0 Å². The minimum atomic E-state index is -0.420. The van der Waals surface area contributed by atoms with Gasteiger partial charge in [-0.05, 0) is 12.5 Å². The lowest BCUT2D eigenvalue weighted by Gasteiger charge is -2.14. The number of aromatic nitrogens is 1. The number of H-pyrrole nitrogens is 1. The molecule has 5 nitrogen and oxygen atoms in total. The number of carbonyl (C=O) groups excluding carboxylic acids is 1. The number of aliphatic hydroxyl groups is 1. The van der Waals surface area contributed by atoms with E-state index in [0.717, 1.165) is 0 Å². The van der Waals surface area contributed by atoms with Gasteiger partial charge in [0.15, 0.2) is 0 Å². The van der Waals surface area contributed by atoms with Crippen molar-refractivity contribution in [2.75, 3.05) is 13.1 Å². The molecule has 1 aromatic rings. The zero-order valence-electron chi connectivity index (χ0n) is 8.14. The molecular weight excluding hydrogens is 196 g/mol. The van der Waals surface area contributed by atoms with Gasteiger partial charge < -0.3 is 15.0 Å². The van der Waals surface area contributed by atoms with Crippen LogP contribution in [0.5, 0.6) is 0 Å². The van der Waals surface area contributed by atoms with Crippen LogP contribution in [-0.4, -0.2) is 40.1 Å². The Labute approximate surface area is 86.3 Å². The number of nitrogens with zero attached hydrogens (tertiary/aromatic N) is 1. The Morgan fingerprint density at radius 3 is 2.87 bits per heavy atom. The molecule has 0 unspecified atom stereocenters. The number of likely N-dealkylation sites (tertiary alicyclic amines) is 1. The van der Waals surface area contributed by atoms with E-state index < -0.39 is 6.10 Å². The van der Waals surface area contributed by atoms with E-state index in [1.807, 2.05) is 0 Å². The van der Waals surface area contributed by atoms with Crippen molar-refractivity contribution < 1.29 is 9.90 Å². The minimum Gasteiger partial charge on any atom is -0.391 e. The molecule has 0 spiro atoms. The predicted octanol–water partition coefficient (Wildman–Crippen LogP) is -0.418. The van der Waals surface area contributed by atoms with E-state index in [-0.39, 0.29) is 11.5 Å². The molecule has 1 saturated heterocycles. The lowest BCUT2D eigenvalue weighted by Crippen LogP contribution is -2.29. The highest BCUT2D eigenvalue weighted by Gasteiger charge is 2.25. The van der Waals surface area contributed by atoms with E-state index in [4.69, 9.17) is 0 Å². The lowest BCUT2D eigenvalue weighted by molar-refractivity contribution is 0.0764. The average molecular weight is 208 g/mol. The number of aliphatic hydroxyl groups excluding tert-OH is 1. The third-order valence-corrected chi connectivity index (χ3v) is 2.48. The summed E-state index contributed by atoms with van der Waals surface area (Å²) in [7, 11) is 0. The Bertz CT molecular complexity index is 406. The molecule has 1 aliphatic rings. The predicted molar refractivity (Wildman–Crippen MR) is 53.6 cm³/mol. The molecule has 15 heavy (non-hydrogen) atoms. The standard InChI is InChI=1S/C10H12N2O3/c13-8-3-4-12(6-8)10(15)7-1-2-9(14)11-5-7/h1-2,5,8,13H,3-4,6H2,(H,11,14)/t8-/m1/s1. The van der Waals surface area contributed by atoms with E-state index in [9.17, 15) is 14.7 Å². The number of β-amino-alcohol motifs (C(OH)–C–C–N with tert-alkyl or cyclic N) is 1. The highest BCUT2D eigenvalue weighted by molar-refractivity contribution is 5.94. The molecule has 2 heterocycles. The van der Waals surface area contributed by atoms with Crippen LogP contribution in [0, 0.1) is 0 Å². The van der Waals surface area contributed by atoms with Crippen LogP contribution in [0.1, 0.15) is 16.8 Å². The number of aromatic amines is 1. The monoisotopic (exact) mass is 208 g/mol. The second-order valence-corrected chi connectivity index (χ2v) is 3.64. The summed E-state index contributed by atoms with van der Waals surface area (Å²) in [6.45, 7) is 0.942. The molecule has 80 valence electrons.